The number of amides is 1. The first-order valence-corrected chi connectivity index (χ1v) is 7.59. The van der Waals surface area contributed by atoms with E-state index >= 15 is 0 Å². The van der Waals surface area contributed by atoms with Crippen LogP contribution < -0.4 is 5.32 Å². The molecular formula is C15H13ClFNO3S. The Hall–Kier alpha value is -1.92. The summed E-state index contributed by atoms with van der Waals surface area (Å²) < 4.78 is 18.0. The second kappa shape index (κ2) is 6.89. The first kappa shape index (κ1) is 16.5. The monoisotopic (exact) mass is 341 g/mol. The van der Waals surface area contributed by atoms with E-state index in [0.717, 1.165) is 10.9 Å². The van der Waals surface area contributed by atoms with Crippen molar-refractivity contribution in [3.63, 3.8) is 0 Å². The van der Waals surface area contributed by atoms with Gasteiger partial charge in [-0.2, -0.15) is 0 Å². The number of nitrogens with one attached hydrogen (secondary N) is 1. The number of carbonyl (C=O) groups excluding carboxylic acids is 2. The van der Waals surface area contributed by atoms with Crippen LogP contribution in [0.15, 0.2) is 30.3 Å². The van der Waals surface area contributed by atoms with Crippen molar-refractivity contribution in [1.29, 1.82) is 0 Å². The average Bonchev–Trinajstić information content (AvgIpc) is 2.88. The van der Waals surface area contributed by atoms with Gasteiger partial charge in [0.15, 0.2) is 6.10 Å². The molecule has 1 aromatic carbocycles. The maximum atomic E-state index is 12.9. The molecule has 0 saturated carbocycles. The van der Waals surface area contributed by atoms with Crippen molar-refractivity contribution in [2.24, 2.45) is 0 Å². The van der Waals surface area contributed by atoms with Crippen molar-refractivity contribution in [1.82, 2.24) is 0 Å². The van der Waals surface area contributed by atoms with E-state index in [-0.39, 0.29) is 10.7 Å². The maximum absolute atomic E-state index is 12.9. The third-order valence-corrected chi connectivity index (χ3v) is 4.08. The van der Waals surface area contributed by atoms with Gasteiger partial charge in [-0.1, -0.05) is 11.6 Å². The Morgan fingerprint density at radius 2 is 2.05 bits per heavy atom. The van der Waals surface area contributed by atoms with Gasteiger partial charge in [-0.15, -0.1) is 11.3 Å². The van der Waals surface area contributed by atoms with Gasteiger partial charge in [0.1, 0.15) is 10.7 Å². The fourth-order valence-electron chi connectivity index (χ4n) is 1.64. The predicted octanol–water partition coefficient (Wildman–Crippen LogP) is 4.03. The normalized spacial score (nSPS) is 11.8. The number of anilines is 1. The van der Waals surface area contributed by atoms with E-state index < -0.39 is 23.8 Å². The van der Waals surface area contributed by atoms with E-state index in [0.29, 0.717) is 4.88 Å². The number of hydrogen-bond donors (Lipinski definition) is 1. The minimum absolute atomic E-state index is 0.0701. The van der Waals surface area contributed by atoms with Gasteiger partial charge >= 0.3 is 5.97 Å². The lowest BCUT2D eigenvalue weighted by Gasteiger charge is -2.13. The van der Waals surface area contributed by atoms with E-state index in [2.05, 4.69) is 5.32 Å². The molecule has 116 valence electrons. The van der Waals surface area contributed by atoms with Crippen molar-refractivity contribution in [3.8, 4) is 0 Å². The summed E-state index contributed by atoms with van der Waals surface area (Å²) in [6.45, 7) is 3.32. The van der Waals surface area contributed by atoms with Gasteiger partial charge in [-0.25, -0.2) is 9.18 Å². The highest BCUT2D eigenvalue weighted by molar-refractivity contribution is 7.13. The number of halogens is 2. The molecule has 1 heterocycles. The van der Waals surface area contributed by atoms with Crippen molar-refractivity contribution in [2.45, 2.75) is 20.0 Å². The van der Waals surface area contributed by atoms with Crippen LogP contribution in [0.3, 0.4) is 0 Å². The van der Waals surface area contributed by atoms with E-state index in [1.165, 1.54) is 30.4 Å². The SMILES string of the molecule is Cc1ccc(C(=O)OC(C)C(=O)Nc2ccc(F)cc2Cl)s1. The molecule has 2 aromatic rings. The number of thiophene rings is 1. The number of ether oxygens (including phenoxy) is 1. The zero-order chi connectivity index (χ0) is 16.3. The van der Waals surface area contributed by atoms with E-state index in [9.17, 15) is 14.0 Å². The van der Waals surface area contributed by atoms with Crippen molar-refractivity contribution in [3.05, 3.63) is 50.9 Å². The van der Waals surface area contributed by atoms with Gasteiger partial charge in [-0.05, 0) is 44.2 Å². The molecular weight excluding hydrogens is 329 g/mol. The van der Waals surface area contributed by atoms with Gasteiger partial charge in [-0.3, -0.25) is 4.79 Å². The largest absolute Gasteiger partial charge is 0.448 e. The first-order valence-electron chi connectivity index (χ1n) is 6.40. The minimum Gasteiger partial charge on any atom is -0.448 e. The summed E-state index contributed by atoms with van der Waals surface area (Å²) in [5.41, 5.74) is 0.253. The summed E-state index contributed by atoms with van der Waals surface area (Å²) >= 11 is 7.11. The molecule has 1 amide bonds. The molecule has 0 aliphatic heterocycles. The second-order valence-corrected chi connectivity index (χ2v) is 6.27. The molecule has 0 aliphatic carbocycles. The summed E-state index contributed by atoms with van der Waals surface area (Å²) in [6, 6.07) is 7.04. The third-order valence-electron chi connectivity index (χ3n) is 2.78. The Bertz CT molecular complexity index is 717. The van der Waals surface area contributed by atoms with Crippen molar-refractivity contribution in [2.75, 3.05) is 5.32 Å². The van der Waals surface area contributed by atoms with Crippen LogP contribution in [-0.4, -0.2) is 18.0 Å². The highest BCUT2D eigenvalue weighted by Gasteiger charge is 2.20. The Kier molecular flexibility index (Phi) is 5.15. The molecule has 1 N–H and O–H groups in total. The summed E-state index contributed by atoms with van der Waals surface area (Å²) in [4.78, 5) is 25.3. The van der Waals surface area contributed by atoms with Crippen molar-refractivity contribution < 1.29 is 18.7 Å². The van der Waals surface area contributed by atoms with Gasteiger partial charge in [0.05, 0.1) is 10.7 Å². The van der Waals surface area contributed by atoms with E-state index in [4.69, 9.17) is 16.3 Å². The number of benzene rings is 1. The maximum Gasteiger partial charge on any atom is 0.349 e. The first-order chi connectivity index (χ1) is 10.4. The zero-order valence-electron chi connectivity index (χ0n) is 11.9. The van der Waals surface area contributed by atoms with Gasteiger partial charge < -0.3 is 10.1 Å². The highest BCUT2D eigenvalue weighted by Crippen LogP contribution is 2.23. The number of hydrogen-bond acceptors (Lipinski definition) is 4. The molecule has 2 rings (SSSR count). The standard InChI is InChI=1S/C15H13ClFNO3S/c1-8-3-6-13(22-8)15(20)21-9(2)14(19)18-12-5-4-10(17)7-11(12)16/h3-7,9H,1-2H3,(H,18,19). The van der Waals surface area contributed by atoms with Crippen LogP contribution in [0.25, 0.3) is 0 Å². The van der Waals surface area contributed by atoms with Crippen LogP contribution in [0.1, 0.15) is 21.5 Å². The molecule has 7 heteroatoms. The topological polar surface area (TPSA) is 55.4 Å². The van der Waals surface area contributed by atoms with Gasteiger partial charge in [0.25, 0.3) is 5.91 Å². The summed E-state index contributed by atoms with van der Waals surface area (Å²) in [6.07, 6.45) is -1.00. The lowest BCUT2D eigenvalue weighted by molar-refractivity contribution is -0.123. The van der Waals surface area contributed by atoms with Crippen LogP contribution in [0.5, 0.6) is 0 Å². The van der Waals surface area contributed by atoms with E-state index in [1.807, 2.05) is 6.92 Å². The molecule has 1 aromatic heterocycles. The third kappa shape index (κ3) is 4.05. The Morgan fingerprint density at radius 1 is 1.32 bits per heavy atom. The Labute approximate surface area is 135 Å². The van der Waals surface area contributed by atoms with Crippen LogP contribution >= 0.6 is 22.9 Å². The smallest absolute Gasteiger partial charge is 0.349 e. The second-order valence-electron chi connectivity index (χ2n) is 4.57. The molecule has 1 unspecified atom stereocenters. The molecule has 0 saturated heterocycles. The van der Waals surface area contributed by atoms with E-state index in [1.54, 1.807) is 12.1 Å². The fraction of sp³-hybridized carbons (Fsp3) is 0.200. The molecule has 1 atom stereocenters. The highest BCUT2D eigenvalue weighted by atomic mass is 35.5. The molecule has 0 bridgehead atoms. The molecule has 0 fully saturated rings. The molecule has 0 radical (unpaired) electrons. The zero-order valence-corrected chi connectivity index (χ0v) is 13.4. The molecule has 4 nitrogen and oxygen atoms in total. The van der Waals surface area contributed by atoms with Gasteiger partial charge in [0, 0.05) is 4.88 Å². The summed E-state index contributed by atoms with van der Waals surface area (Å²) in [5, 5.41) is 2.56. The quantitative estimate of drug-likeness (QED) is 0.854. The fourth-order valence-corrected chi connectivity index (χ4v) is 2.61. The summed E-state index contributed by atoms with van der Waals surface area (Å²) in [5.74, 6) is -1.61. The van der Waals surface area contributed by atoms with Gasteiger partial charge in [0.2, 0.25) is 0 Å². The van der Waals surface area contributed by atoms with Crippen LogP contribution in [-0.2, 0) is 9.53 Å². The number of rotatable bonds is 4. The molecule has 0 spiro atoms. The minimum atomic E-state index is -1.00. The average molecular weight is 342 g/mol. The van der Waals surface area contributed by atoms with Crippen LogP contribution in [0.4, 0.5) is 10.1 Å². The van der Waals surface area contributed by atoms with Crippen LogP contribution in [0, 0.1) is 12.7 Å². The number of esters is 1. The molecule has 0 aliphatic rings. The van der Waals surface area contributed by atoms with Crippen LogP contribution in [0.2, 0.25) is 5.02 Å². The number of carbonyl (C=O) groups is 2. The molecule has 22 heavy (non-hydrogen) atoms. The van der Waals surface area contributed by atoms with Crippen molar-refractivity contribution >= 4 is 40.5 Å². The summed E-state index contributed by atoms with van der Waals surface area (Å²) in [7, 11) is 0. The lowest BCUT2D eigenvalue weighted by atomic mass is 10.3. The lowest BCUT2D eigenvalue weighted by Crippen LogP contribution is -2.29. The predicted molar refractivity (Wildman–Crippen MR) is 84.0 cm³/mol. The Balaban J connectivity index is 1.98. The number of aryl methyl sites for hydroxylation is 1. The Morgan fingerprint density at radius 3 is 2.64 bits per heavy atom.